The summed E-state index contributed by atoms with van der Waals surface area (Å²) < 4.78 is 5.23. The number of hydrogen-bond donors (Lipinski definition) is 2. The van der Waals surface area contributed by atoms with Crippen LogP contribution in [0.1, 0.15) is 11.1 Å². The fourth-order valence-electron chi connectivity index (χ4n) is 1.83. The van der Waals surface area contributed by atoms with Crippen molar-refractivity contribution in [1.82, 2.24) is 0 Å². The summed E-state index contributed by atoms with van der Waals surface area (Å²) in [5, 5.41) is 18.1. The Morgan fingerprint density at radius 1 is 1.21 bits per heavy atom. The number of aliphatic carboxylic acids is 1. The molecule has 2 aromatic carbocycles. The van der Waals surface area contributed by atoms with Crippen LogP contribution in [0.15, 0.2) is 47.4 Å². The standard InChI is InChI=1S/C18H15ClO4S/c19-15-6-7-17(23-12-18(21)22)14(11-15)5-4-13-2-1-3-16(10-13)24-9-8-20/h1-3,6-7,10-11,20H,8-9,12H2,(H,21,22). The molecule has 0 fully saturated rings. The zero-order chi connectivity index (χ0) is 17.4. The number of carboxylic acid groups (broad SMARTS) is 1. The van der Waals surface area contributed by atoms with Crippen molar-refractivity contribution in [3.63, 3.8) is 0 Å². The van der Waals surface area contributed by atoms with Gasteiger partial charge in [-0.05, 0) is 36.4 Å². The summed E-state index contributed by atoms with van der Waals surface area (Å²) in [5.41, 5.74) is 1.33. The Labute approximate surface area is 149 Å². The van der Waals surface area contributed by atoms with Gasteiger partial charge in [-0.15, -0.1) is 11.8 Å². The molecule has 2 N–H and O–H groups in total. The summed E-state index contributed by atoms with van der Waals surface area (Å²) in [5.74, 6) is 5.93. The van der Waals surface area contributed by atoms with Gasteiger partial charge in [0.25, 0.3) is 0 Å². The Kier molecular flexibility index (Phi) is 7.01. The molecule has 0 aliphatic heterocycles. The first-order valence-corrected chi connectivity index (χ1v) is 8.45. The Bertz CT molecular complexity index is 780. The summed E-state index contributed by atoms with van der Waals surface area (Å²) >= 11 is 7.52. The number of benzene rings is 2. The van der Waals surface area contributed by atoms with Crippen LogP contribution in [0.3, 0.4) is 0 Å². The second-order valence-electron chi connectivity index (χ2n) is 4.67. The highest BCUT2D eigenvalue weighted by Gasteiger charge is 2.05. The van der Waals surface area contributed by atoms with Gasteiger partial charge >= 0.3 is 5.97 Å². The van der Waals surface area contributed by atoms with E-state index in [4.69, 9.17) is 26.6 Å². The van der Waals surface area contributed by atoms with Crippen LogP contribution in [0.25, 0.3) is 0 Å². The van der Waals surface area contributed by atoms with E-state index >= 15 is 0 Å². The van der Waals surface area contributed by atoms with Gasteiger partial charge in [-0.1, -0.05) is 29.5 Å². The second-order valence-corrected chi connectivity index (χ2v) is 6.28. The molecule has 2 aromatic rings. The molecule has 4 nitrogen and oxygen atoms in total. The molecule has 0 aliphatic carbocycles. The molecule has 0 bridgehead atoms. The molecule has 124 valence electrons. The lowest BCUT2D eigenvalue weighted by molar-refractivity contribution is -0.139. The van der Waals surface area contributed by atoms with E-state index in [1.54, 1.807) is 30.0 Å². The first-order valence-electron chi connectivity index (χ1n) is 7.08. The summed E-state index contributed by atoms with van der Waals surface area (Å²) in [6, 6.07) is 12.5. The molecular weight excluding hydrogens is 348 g/mol. The Hall–Kier alpha value is -2.13. The number of carbonyl (C=O) groups is 1. The highest BCUT2D eigenvalue weighted by Crippen LogP contribution is 2.23. The molecule has 0 heterocycles. The van der Waals surface area contributed by atoms with Crippen LogP contribution in [0.5, 0.6) is 5.75 Å². The molecule has 2 rings (SSSR count). The number of carboxylic acids is 1. The van der Waals surface area contributed by atoms with Gasteiger partial charge in [0.15, 0.2) is 6.61 Å². The predicted molar refractivity (Wildman–Crippen MR) is 94.8 cm³/mol. The van der Waals surface area contributed by atoms with Crippen LogP contribution in [0.2, 0.25) is 5.02 Å². The largest absolute Gasteiger partial charge is 0.481 e. The van der Waals surface area contributed by atoms with Crippen molar-refractivity contribution in [3.05, 3.63) is 58.6 Å². The summed E-state index contributed by atoms with van der Waals surface area (Å²) in [4.78, 5) is 11.7. The zero-order valence-electron chi connectivity index (χ0n) is 12.7. The van der Waals surface area contributed by atoms with Crippen molar-refractivity contribution >= 4 is 29.3 Å². The summed E-state index contributed by atoms with van der Waals surface area (Å²) in [6.07, 6.45) is 0. The maximum Gasteiger partial charge on any atom is 0.341 e. The predicted octanol–water partition coefficient (Wildman–Crippen LogP) is 3.29. The van der Waals surface area contributed by atoms with Crippen LogP contribution in [0, 0.1) is 11.8 Å². The molecule has 0 saturated carbocycles. The van der Waals surface area contributed by atoms with Gasteiger partial charge < -0.3 is 14.9 Å². The number of aliphatic hydroxyl groups excluding tert-OH is 1. The first kappa shape index (κ1) is 18.2. The van der Waals surface area contributed by atoms with Crippen molar-refractivity contribution in [2.45, 2.75) is 4.90 Å². The number of ether oxygens (including phenoxy) is 1. The second kappa shape index (κ2) is 9.24. The maximum absolute atomic E-state index is 10.6. The van der Waals surface area contributed by atoms with E-state index in [9.17, 15) is 4.79 Å². The Balaban J connectivity index is 2.23. The number of thioether (sulfide) groups is 1. The van der Waals surface area contributed by atoms with Crippen molar-refractivity contribution in [1.29, 1.82) is 0 Å². The van der Waals surface area contributed by atoms with E-state index < -0.39 is 12.6 Å². The van der Waals surface area contributed by atoms with Gasteiger partial charge in [-0.3, -0.25) is 0 Å². The molecule has 6 heteroatoms. The van der Waals surface area contributed by atoms with Crippen molar-refractivity contribution in [2.24, 2.45) is 0 Å². The molecule has 24 heavy (non-hydrogen) atoms. The fraction of sp³-hybridized carbons (Fsp3) is 0.167. The number of rotatable bonds is 6. The zero-order valence-corrected chi connectivity index (χ0v) is 14.2. The van der Waals surface area contributed by atoms with E-state index in [1.807, 2.05) is 24.3 Å². The monoisotopic (exact) mass is 362 g/mol. The molecule has 0 unspecified atom stereocenters. The molecule has 0 saturated heterocycles. The van der Waals surface area contributed by atoms with Crippen LogP contribution in [0.4, 0.5) is 0 Å². The van der Waals surface area contributed by atoms with Gasteiger partial charge in [0.2, 0.25) is 0 Å². The normalized spacial score (nSPS) is 9.92. The van der Waals surface area contributed by atoms with Gasteiger partial charge in [-0.2, -0.15) is 0 Å². The fourth-order valence-corrected chi connectivity index (χ4v) is 2.72. The first-order chi connectivity index (χ1) is 11.6. The van der Waals surface area contributed by atoms with E-state index in [0.29, 0.717) is 22.1 Å². The molecule has 0 atom stereocenters. The number of halogens is 1. The van der Waals surface area contributed by atoms with Gasteiger partial charge in [0.05, 0.1) is 12.2 Å². The van der Waals surface area contributed by atoms with Crippen LogP contribution in [-0.4, -0.2) is 35.1 Å². The lowest BCUT2D eigenvalue weighted by atomic mass is 10.1. The Morgan fingerprint density at radius 2 is 2.04 bits per heavy atom. The van der Waals surface area contributed by atoms with Crippen LogP contribution >= 0.6 is 23.4 Å². The molecular formula is C18H15ClO4S. The van der Waals surface area contributed by atoms with E-state index in [-0.39, 0.29) is 6.61 Å². The minimum atomic E-state index is -1.06. The van der Waals surface area contributed by atoms with Crippen LogP contribution in [-0.2, 0) is 4.79 Å². The summed E-state index contributed by atoms with van der Waals surface area (Å²) in [7, 11) is 0. The lowest BCUT2D eigenvalue weighted by Crippen LogP contribution is -2.10. The molecule has 0 spiro atoms. The van der Waals surface area contributed by atoms with Gasteiger partial charge in [0, 0.05) is 21.2 Å². The molecule has 0 amide bonds. The van der Waals surface area contributed by atoms with Crippen molar-refractivity contribution in [2.75, 3.05) is 19.0 Å². The minimum Gasteiger partial charge on any atom is -0.481 e. The quantitative estimate of drug-likeness (QED) is 0.609. The average molecular weight is 363 g/mol. The van der Waals surface area contributed by atoms with E-state index in [0.717, 1.165) is 10.5 Å². The third kappa shape index (κ3) is 5.82. The highest BCUT2D eigenvalue weighted by molar-refractivity contribution is 7.99. The number of aliphatic hydroxyl groups is 1. The van der Waals surface area contributed by atoms with Gasteiger partial charge in [0.1, 0.15) is 5.75 Å². The van der Waals surface area contributed by atoms with E-state index in [1.165, 1.54) is 0 Å². The minimum absolute atomic E-state index is 0.118. The molecule has 0 aliphatic rings. The summed E-state index contributed by atoms with van der Waals surface area (Å²) in [6.45, 7) is -0.322. The average Bonchev–Trinajstić information content (AvgIpc) is 2.57. The van der Waals surface area contributed by atoms with E-state index in [2.05, 4.69) is 11.8 Å². The Morgan fingerprint density at radius 3 is 2.79 bits per heavy atom. The lowest BCUT2D eigenvalue weighted by Gasteiger charge is -2.06. The highest BCUT2D eigenvalue weighted by atomic mass is 35.5. The SMILES string of the molecule is O=C(O)COc1ccc(Cl)cc1C#Cc1cccc(SCCO)c1. The van der Waals surface area contributed by atoms with Crippen LogP contribution < -0.4 is 4.74 Å². The maximum atomic E-state index is 10.6. The van der Waals surface area contributed by atoms with Gasteiger partial charge in [-0.25, -0.2) is 4.79 Å². The molecule has 0 radical (unpaired) electrons. The third-order valence-electron chi connectivity index (χ3n) is 2.83. The topological polar surface area (TPSA) is 66.8 Å². The molecule has 0 aromatic heterocycles. The van der Waals surface area contributed by atoms with Crippen molar-refractivity contribution < 1.29 is 19.7 Å². The third-order valence-corrected chi connectivity index (χ3v) is 4.04. The van der Waals surface area contributed by atoms with Crippen molar-refractivity contribution in [3.8, 4) is 17.6 Å². The number of hydrogen-bond acceptors (Lipinski definition) is 4. The smallest absolute Gasteiger partial charge is 0.341 e.